The molecule has 2 aromatic carbocycles. The molecule has 1 saturated carbocycles. The maximum Gasteiger partial charge on any atom is 0.0875 e. The Labute approximate surface area is 148 Å². The first-order valence-electron chi connectivity index (χ1n) is 8.77. The first kappa shape index (κ1) is 15.6. The maximum absolute atomic E-state index is 4.65. The van der Waals surface area contributed by atoms with Crippen molar-refractivity contribution in [3.05, 3.63) is 64.5 Å². The van der Waals surface area contributed by atoms with Crippen LogP contribution in [0.4, 0.5) is 0 Å². The van der Waals surface area contributed by atoms with Gasteiger partial charge in [-0.3, -0.25) is 0 Å². The van der Waals surface area contributed by atoms with E-state index in [9.17, 15) is 0 Å². The number of hydrogen-bond acceptors (Lipinski definition) is 2. The van der Waals surface area contributed by atoms with Gasteiger partial charge >= 0.3 is 0 Å². The van der Waals surface area contributed by atoms with E-state index in [2.05, 4.69) is 73.7 Å². The van der Waals surface area contributed by atoms with Crippen LogP contribution in [-0.4, -0.2) is 4.37 Å². The fourth-order valence-electron chi connectivity index (χ4n) is 3.40. The highest BCUT2D eigenvalue weighted by Gasteiger charge is 2.38. The summed E-state index contributed by atoms with van der Waals surface area (Å²) in [7, 11) is 0. The highest BCUT2D eigenvalue weighted by Crippen LogP contribution is 2.47. The molecule has 0 amide bonds. The molecule has 0 aliphatic heterocycles. The van der Waals surface area contributed by atoms with Crippen molar-refractivity contribution in [1.82, 2.24) is 4.37 Å². The molecule has 1 fully saturated rings. The van der Waals surface area contributed by atoms with E-state index in [4.69, 9.17) is 0 Å². The molecule has 0 radical (unpaired) electrons. The van der Waals surface area contributed by atoms with E-state index in [-0.39, 0.29) is 0 Å². The van der Waals surface area contributed by atoms with Crippen LogP contribution in [0, 0.1) is 6.92 Å². The van der Waals surface area contributed by atoms with Gasteiger partial charge in [0.05, 0.1) is 5.69 Å². The van der Waals surface area contributed by atoms with E-state index in [0.717, 1.165) is 12.1 Å². The van der Waals surface area contributed by atoms with Crippen LogP contribution in [0.1, 0.15) is 42.7 Å². The second kappa shape index (κ2) is 5.86. The Balaban J connectivity index is 1.61. The molecule has 0 spiro atoms. The van der Waals surface area contributed by atoms with Crippen molar-refractivity contribution in [2.45, 2.75) is 45.4 Å². The molecule has 1 aromatic heterocycles. The molecule has 3 aromatic rings. The molecule has 4 rings (SSSR count). The van der Waals surface area contributed by atoms with Crippen molar-refractivity contribution >= 4 is 11.5 Å². The van der Waals surface area contributed by atoms with E-state index in [0.29, 0.717) is 5.41 Å². The third-order valence-corrected chi connectivity index (χ3v) is 6.21. The van der Waals surface area contributed by atoms with Crippen LogP contribution in [0.25, 0.3) is 22.4 Å². The zero-order valence-corrected chi connectivity index (χ0v) is 15.4. The molecule has 2 heteroatoms. The minimum atomic E-state index is 0.446. The maximum atomic E-state index is 4.65. The first-order chi connectivity index (χ1) is 11.6. The van der Waals surface area contributed by atoms with Gasteiger partial charge in [-0.1, -0.05) is 62.4 Å². The molecule has 0 saturated heterocycles. The van der Waals surface area contributed by atoms with Gasteiger partial charge in [-0.2, -0.15) is 4.37 Å². The first-order valence-corrected chi connectivity index (χ1v) is 9.54. The number of nitrogens with zero attached hydrogens (tertiary/aromatic N) is 1. The zero-order chi connectivity index (χ0) is 16.7. The molecular weight excluding hydrogens is 310 g/mol. The Morgan fingerprint density at radius 3 is 2.00 bits per heavy atom. The Kier molecular flexibility index (Phi) is 3.80. The minimum absolute atomic E-state index is 0.446. The summed E-state index contributed by atoms with van der Waals surface area (Å²) in [6.07, 6.45) is 3.70. The summed E-state index contributed by atoms with van der Waals surface area (Å²) in [5.74, 6) is 0. The summed E-state index contributed by atoms with van der Waals surface area (Å²) < 4.78 is 4.65. The fourth-order valence-corrected chi connectivity index (χ4v) is 4.19. The molecule has 0 bridgehead atoms. The predicted octanol–water partition coefficient (Wildman–Crippen LogP) is 6.40. The van der Waals surface area contributed by atoms with Crippen LogP contribution < -0.4 is 0 Å². The van der Waals surface area contributed by atoms with Gasteiger partial charge in [0.2, 0.25) is 0 Å². The van der Waals surface area contributed by atoms with Gasteiger partial charge in [-0.05, 0) is 65.4 Å². The number of rotatable bonds is 4. The Morgan fingerprint density at radius 2 is 1.46 bits per heavy atom. The molecular formula is C22H23NS. The van der Waals surface area contributed by atoms with Crippen molar-refractivity contribution < 1.29 is 0 Å². The number of aryl methyl sites for hydroxylation is 1. The number of aromatic nitrogens is 1. The Morgan fingerprint density at radius 1 is 0.917 bits per heavy atom. The zero-order valence-electron chi connectivity index (χ0n) is 14.6. The van der Waals surface area contributed by atoms with Gasteiger partial charge in [0.1, 0.15) is 0 Å². The SMILES string of the molecule is CCc1c(-c2ccc(-c3ccc(C4(C)CC4)cc3)cc2)nsc1C. The predicted molar refractivity (Wildman–Crippen MR) is 104 cm³/mol. The highest BCUT2D eigenvalue weighted by atomic mass is 32.1. The van der Waals surface area contributed by atoms with Gasteiger partial charge in [0.15, 0.2) is 0 Å². The number of benzene rings is 2. The smallest absolute Gasteiger partial charge is 0.0875 e. The molecule has 1 nitrogen and oxygen atoms in total. The van der Waals surface area contributed by atoms with Crippen molar-refractivity contribution in [2.75, 3.05) is 0 Å². The Bertz CT molecular complexity index is 852. The van der Waals surface area contributed by atoms with Gasteiger partial charge in [0.25, 0.3) is 0 Å². The summed E-state index contributed by atoms with van der Waals surface area (Å²) in [6, 6.07) is 18.0. The van der Waals surface area contributed by atoms with Crippen LogP contribution in [0.3, 0.4) is 0 Å². The van der Waals surface area contributed by atoms with E-state index < -0.39 is 0 Å². The third kappa shape index (κ3) is 2.69. The summed E-state index contributed by atoms with van der Waals surface area (Å²) in [5, 5.41) is 0. The lowest BCUT2D eigenvalue weighted by Gasteiger charge is -2.10. The van der Waals surface area contributed by atoms with E-state index in [1.54, 1.807) is 11.5 Å². The van der Waals surface area contributed by atoms with Crippen LogP contribution in [0.5, 0.6) is 0 Å². The monoisotopic (exact) mass is 333 g/mol. The lowest BCUT2D eigenvalue weighted by molar-refractivity contribution is 0.788. The van der Waals surface area contributed by atoms with Crippen LogP contribution in [0.2, 0.25) is 0 Å². The number of hydrogen-bond donors (Lipinski definition) is 0. The summed E-state index contributed by atoms with van der Waals surface area (Å²) in [4.78, 5) is 1.33. The molecule has 24 heavy (non-hydrogen) atoms. The molecule has 1 heterocycles. The van der Waals surface area contributed by atoms with Gasteiger partial charge in [-0.25, -0.2) is 0 Å². The van der Waals surface area contributed by atoms with Gasteiger partial charge < -0.3 is 0 Å². The lowest BCUT2D eigenvalue weighted by Crippen LogP contribution is -1.98. The summed E-state index contributed by atoms with van der Waals surface area (Å²) in [6.45, 7) is 6.73. The second-order valence-corrected chi connectivity index (χ2v) is 8.11. The van der Waals surface area contributed by atoms with Crippen LogP contribution >= 0.6 is 11.5 Å². The molecule has 0 unspecified atom stereocenters. The average Bonchev–Trinajstić information content (AvgIpc) is 3.26. The van der Waals surface area contributed by atoms with Crippen molar-refractivity contribution in [2.24, 2.45) is 0 Å². The fraction of sp³-hybridized carbons (Fsp3) is 0.318. The minimum Gasteiger partial charge on any atom is -0.192 e. The molecule has 0 atom stereocenters. The van der Waals surface area contributed by atoms with Crippen molar-refractivity contribution in [3.63, 3.8) is 0 Å². The van der Waals surface area contributed by atoms with Crippen LogP contribution in [-0.2, 0) is 11.8 Å². The molecule has 1 aliphatic carbocycles. The molecule has 0 N–H and O–H groups in total. The standard InChI is InChI=1S/C22H23NS/c1-4-20-15(2)24-23-21(20)18-7-5-16(6-8-18)17-9-11-19(12-10-17)22(3)13-14-22/h5-12H,4,13-14H2,1-3H3. The molecule has 122 valence electrons. The topological polar surface area (TPSA) is 12.9 Å². The van der Waals surface area contributed by atoms with Gasteiger partial charge in [-0.15, -0.1) is 0 Å². The van der Waals surface area contributed by atoms with Crippen molar-refractivity contribution in [3.8, 4) is 22.4 Å². The van der Waals surface area contributed by atoms with E-state index >= 15 is 0 Å². The lowest BCUT2D eigenvalue weighted by atomic mass is 9.95. The summed E-state index contributed by atoms with van der Waals surface area (Å²) in [5.41, 5.74) is 8.26. The van der Waals surface area contributed by atoms with E-state index in [1.807, 2.05) is 0 Å². The normalized spacial score (nSPS) is 15.5. The quantitative estimate of drug-likeness (QED) is 0.538. The Hall–Kier alpha value is -1.93. The van der Waals surface area contributed by atoms with Crippen molar-refractivity contribution in [1.29, 1.82) is 0 Å². The van der Waals surface area contributed by atoms with Crippen LogP contribution in [0.15, 0.2) is 48.5 Å². The van der Waals surface area contributed by atoms with Gasteiger partial charge in [0, 0.05) is 10.4 Å². The van der Waals surface area contributed by atoms with E-state index in [1.165, 1.54) is 45.5 Å². The highest BCUT2D eigenvalue weighted by molar-refractivity contribution is 7.06. The average molecular weight is 334 g/mol. The largest absolute Gasteiger partial charge is 0.192 e. The molecule has 1 aliphatic rings. The third-order valence-electron chi connectivity index (χ3n) is 5.41. The second-order valence-electron chi connectivity index (χ2n) is 7.13. The summed E-state index contributed by atoms with van der Waals surface area (Å²) >= 11 is 1.61.